The van der Waals surface area contributed by atoms with Crippen LogP contribution < -0.4 is 16.2 Å². The van der Waals surface area contributed by atoms with Crippen molar-refractivity contribution in [3.8, 4) is 0 Å². The molecule has 0 bridgehead atoms. The first-order valence-electron chi connectivity index (χ1n) is 7.77. The van der Waals surface area contributed by atoms with Gasteiger partial charge in [0.1, 0.15) is 0 Å². The normalized spacial score (nSPS) is 19.5. The van der Waals surface area contributed by atoms with E-state index in [9.17, 15) is 4.79 Å². The van der Waals surface area contributed by atoms with Crippen LogP contribution in [-0.4, -0.2) is 53.9 Å². The average molecular weight is 293 g/mol. The Morgan fingerprint density at radius 1 is 1.33 bits per heavy atom. The summed E-state index contributed by atoms with van der Waals surface area (Å²) in [5, 5.41) is 4.30. The molecular weight excluding hydrogens is 266 g/mol. The van der Waals surface area contributed by atoms with E-state index < -0.39 is 0 Å². The second-order valence-corrected chi connectivity index (χ2v) is 6.07. The quantitative estimate of drug-likeness (QED) is 0.849. The van der Waals surface area contributed by atoms with Gasteiger partial charge >= 0.3 is 0 Å². The lowest BCUT2D eigenvalue weighted by Gasteiger charge is -2.33. The Hall–Kier alpha value is -1.40. The van der Waals surface area contributed by atoms with Gasteiger partial charge < -0.3 is 15.5 Å². The fourth-order valence-corrected chi connectivity index (χ4v) is 2.48. The third-order valence-corrected chi connectivity index (χ3v) is 4.48. The fraction of sp³-hybridized carbons (Fsp3) is 0.733. The molecular formula is C15H27N5O. The van der Waals surface area contributed by atoms with E-state index in [2.05, 4.69) is 35.8 Å². The van der Waals surface area contributed by atoms with E-state index in [0.717, 1.165) is 38.3 Å². The summed E-state index contributed by atoms with van der Waals surface area (Å²) in [5.74, 6) is 0.385. The molecule has 1 fully saturated rings. The standard InChI is InChI=1S/C15H27N5O/c1-4-12(2)14(16)11-20-15(21)9-13(10-17-20)19-7-5-18(3)6-8-19/h9-10,12,14H,4-8,11,16H2,1-3H3. The van der Waals surface area contributed by atoms with Crippen molar-refractivity contribution in [3.05, 3.63) is 22.6 Å². The Kier molecular flexibility index (Phi) is 5.36. The highest BCUT2D eigenvalue weighted by molar-refractivity contribution is 5.43. The van der Waals surface area contributed by atoms with E-state index in [4.69, 9.17) is 5.73 Å². The first-order chi connectivity index (χ1) is 10.0. The minimum absolute atomic E-state index is 0.0327. The summed E-state index contributed by atoms with van der Waals surface area (Å²) >= 11 is 0. The minimum Gasteiger partial charge on any atom is -0.368 e. The Morgan fingerprint density at radius 3 is 2.57 bits per heavy atom. The van der Waals surface area contributed by atoms with E-state index in [1.165, 1.54) is 4.68 Å². The monoisotopic (exact) mass is 293 g/mol. The van der Waals surface area contributed by atoms with Crippen molar-refractivity contribution in [2.75, 3.05) is 38.1 Å². The van der Waals surface area contributed by atoms with Crippen LogP contribution in [0.3, 0.4) is 0 Å². The van der Waals surface area contributed by atoms with Gasteiger partial charge in [-0.1, -0.05) is 20.3 Å². The van der Waals surface area contributed by atoms with Gasteiger partial charge in [-0.25, -0.2) is 4.68 Å². The first-order valence-corrected chi connectivity index (χ1v) is 7.77. The maximum absolute atomic E-state index is 12.2. The van der Waals surface area contributed by atoms with Crippen LogP contribution in [0.1, 0.15) is 20.3 Å². The largest absolute Gasteiger partial charge is 0.368 e. The van der Waals surface area contributed by atoms with Crippen molar-refractivity contribution in [1.82, 2.24) is 14.7 Å². The molecule has 1 aromatic heterocycles. The number of aromatic nitrogens is 2. The first kappa shape index (κ1) is 16.0. The second kappa shape index (κ2) is 7.04. The minimum atomic E-state index is -0.0646. The summed E-state index contributed by atoms with van der Waals surface area (Å²) in [6.45, 7) is 8.61. The number of nitrogens with two attached hydrogens (primary N) is 1. The highest BCUT2D eigenvalue weighted by atomic mass is 16.1. The molecule has 1 aromatic rings. The van der Waals surface area contributed by atoms with Crippen LogP contribution in [-0.2, 0) is 6.54 Å². The second-order valence-electron chi connectivity index (χ2n) is 6.07. The summed E-state index contributed by atoms with van der Waals surface area (Å²) in [6, 6.07) is 1.65. The molecule has 118 valence electrons. The molecule has 21 heavy (non-hydrogen) atoms. The number of anilines is 1. The molecule has 2 unspecified atom stereocenters. The number of likely N-dealkylation sites (N-methyl/N-ethyl adjacent to an activating group) is 1. The molecule has 0 radical (unpaired) electrons. The van der Waals surface area contributed by atoms with Crippen LogP contribution >= 0.6 is 0 Å². The van der Waals surface area contributed by atoms with Crippen molar-refractivity contribution in [2.24, 2.45) is 11.7 Å². The van der Waals surface area contributed by atoms with Gasteiger partial charge in [0.05, 0.1) is 18.4 Å². The maximum atomic E-state index is 12.2. The van der Waals surface area contributed by atoms with Crippen molar-refractivity contribution in [1.29, 1.82) is 0 Å². The lowest BCUT2D eigenvalue weighted by atomic mass is 10.0. The van der Waals surface area contributed by atoms with Crippen molar-refractivity contribution >= 4 is 5.69 Å². The zero-order valence-corrected chi connectivity index (χ0v) is 13.3. The van der Waals surface area contributed by atoms with Crippen molar-refractivity contribution in [3.63, 3.8) is 0 Å². The molecule has 1 aliphatic heterocycles. The summed E-state index contributed by atoms with van der Waals surface area (Å²) in [6.07, 6.45) is 2.80. The zero-order valence-electron chi connectivity index (χ0n) is 13.3. The van der Waals surface area contributed by atoms with Gasteiger partial charge in [-0.05, 0) is 13.0 Å². The number of nitrogens with zero attached hydrogens (tertiary/aromatic N) is 4. The topological polar surface area (TPSA) is 67.4 Å². The maximum Gasteiger partial charge on any atom is 0.268 e. The molecule has 1 saturated heterocycles. The average Bonchev–Trinajstić information content (AvgIpc) is 2.49. The van der Waals surface area contributed by atoms with Gasteiger partial charge in [-0.15, -0.1) is 0 Å². The van der Waals surface area contributed by atoms with Crippen molar-refractivity contribution in [2.45, 2.75) is 32.9 Å². The van der Waals surface area contributed by atoms with Crippen molar-refractivity contribution < 1.29 is 0 Å². The van der Waals surface area contributed by atoms with E-state index in [1.807, 2.05) is 0 Å². The molecule has 2 rings (SSSR count). The summed E-state index contributed by atoms with van der Waals surface area (Å²) < 4.78 is 1.48. The third-order valence-electron chi connectivity index (χ3n) is 4.48. The summed E-state index contributed by atoms with van der Waals surface area (Å²) in [4.78, 5) is 16.7. The van der Waals surface area contributed by atoms with Gasteiger partial charge in [0.15, 0.2) is 0 Å². The van der Waals surface area contributed by atoms with Crippen LogP contribution in [0.5, 0.6) is 0 Å². The molecule has 2 N–H and O–H groups in total. The molecule has 1 aliphatic rings. The molecule has 2 heterocycles. The van der Waals surface area contributed by atoms with Gasteiger partial charge in [0.2, 0.25) is 0 Å². The van der Waals surface area contributed by atoms with E-state index >= 15 is 0 Å². The number of hydrogen-bond acceptors (Lipinski definition) is 5. The van der Waals surface area contributed by atoms with E-state index in [0.29, 0.717) is 12.5 Å². The van der Waals surface area contributed by atoms with E-state index in [1.54, 1.807) is 12.3 Å². The predicted molar refractivity (Wildman–Crippen MR) is 85.6 cm³/mol. The number of rotatable bonds is 5. The smallest absolute Gasteiger partial charge is 0.268 e. The molecule has 6 heteroatoms. The van der Waals surface area contributed by atoms with Gasteiger partial charge in [-0.3, -0.25) is 4.79 Å². The van der Waals surface area contributed by atoms with Crippen LogP contribution in [0.2, 0.25) is 0 Å². The summed E-state index contributed by atoms with van der Waals surface area (Å²) in [5.41, 5.74) is 6.96. The fourth-order valence-electron chi connectivity index (χ4n) is 2.48. The Labute approximate surface area is 126 Å². The lowest BCUT2D eigenvalue weighted by Crippen LogP contribution is -2.45. The number of piperazine rings is 1. The molecule has 6 nitrogen and oxygen atoms in total. The Balaban J connectivity index is 2.05. The molecule has 0 saturated carbocycles. The highest BCUT2D eigenvalue weighted by Gasteiger charge is 2.17. The number of hydrogen-bond donors (Lipinski definition) is 1. The van der Waals surface area contributed by atoms with Crippen LogP contribution in [0.4, 0.5) is 5.69 Å². The molecule has 2 atom stereocenters. The van der Waals surface area contributed by atoms with E-state index in [-0.39, 0.29) is 11.6 Å². The Morgan fingerprint density at radius 2 is 2.00 bits per heavy atom. The highest BCUT2D eigenvalue weighted by Crippen LogP contribution is 2.12. The molecule has 0 amide bonds. The van der Waals surface area contributed by atoms with Gasteiger partial charge in [0, 0.05) is 38.3 Å². The molecule has 0 spiro atoms. The predicted octanol–water partition coefficient (Wildman–Crippen LogP) is 0.369. The lowest BCUT2D eigenvalue weighted by molar-refractivity contribution is 0.312. The summed E-state index contributed by atoms with van der Waals surface area (Å²) in [7, 11) is 2.11. The SMILES string of the molecule is CCC(C)C(N)Cn1ncc(N2CCN(C)CC2)cc1=O. The molecule has 0 aromatic carbocycles. The Bertz CT molecular complexity index is 507. The zero-order chi connectivity index (χ0) is 15.4. The van der Waals surface area contributed by atoms with Crippen LogP contribution in [0.15, 0.2) is 17.1 Å². The molecule has 0 aliphatic carbocycles. The third kappa shape index (κ3) is 4.04. The van der Waals surface area contributed by atoms with Gasteiger partial charge in [0.25, 0.3) is 5.56 Å². The van der Waals surface area contributed by atoms with Gasteiger partial charge in [-0.2, -0.15) is 5.10 Å². The van der Waals surface area contributed by atoms with Crippen LogP contribution in [0, 0.1) is 5.92 Å². The van der Waals surface area contributed by atoms with Crippen LogP contribution in [0.25, 0.3) is 0 Å².